The fraction of sp³-hybridized carbons (Fsp3) is 0.524. The predicted octanol–water partition coefficient (Wildman–Crippen LogP) is 2.73. The van der Waals surface area contributed by atoms with Crippen molar-refractivity contribution in [2.45, 2.75) is 31.1 Å². The summed E-state index contributed by atoms with van der Waals surface area (Å²) in [6.45, 7) is 1.61. The number of anilines is 2. The molecule has 13 heteroatoms. The van der Waals surface area contributed by atoms with Crippen LogP contribution >= 0.6 is 0 Å². The molecule has 4 rings (SSSR count). The SMILES string of the molecule is CS(=O)(=O)NC1CCN(c2ncnc(N3CCOCC3c3ccc(C(F)(F)F)cc3)c2F)CC1. The summed E-state index contributed by atoms with van der Waals surface area (Å²) in [5, 5.41) is 0. The highest BCUT2D eigenvalue weighted by molar-refractivity contribution is 7.88. The van der Waals surface area contributed by atoms with E-state index in [1.54, 1.807) is 9.80 Å². The van der Waals surface area contributed by atoms with Gasteiger partial charge in [0, 0.05) is 25.7 Å². The van der Waals surface area contributed by atoms with Gasteiger partial charge < -0.3 is 14.5 Å². The van der Waals surface area contributed by atoms with Crippen molar-refractivity contribution in [1.29, 1.82) is 0 Å². The summed E-state index contributed by atoms with van der Waals surface area (Å²) >= 11 is 0. The standard InChI is InChI=1S/C21H25F4N5O3S/c1-34(31,32)28-16-6-8-29(9-7-16)19-18(22)20(27-13-26-19)30-10-11-33-12-17(30)14-2-4-15(5-3-14)21(23,24)25/h2-5,13,16-17,28H,6-12H2,1H3. The van der Waals surface area contributed by atoms with Crippen LogP contribution in [0.2, 0.25) is 0 Å². The molecule has 8 nitrogen and oxygen atoms in total. The highest BCUT2D eigenvalue weighted by Crippen LogP contribution is 2.35. The molecule has 0 spiro atoms. The van der Waals surface area contributed by atoms with E-state index in [0.29, 0.717) is 44.6 Å². The molecule has 186 valence electrons. The molecule has 3 heterocycles. The summed E-state index contributed by atoms with van der Waals surface area (Å²) in [7, 11) is -3.33. The fourth-order valence-electron chi connectivity index (χ4n) is 4.31. The summed E-state index contributed by atoms with van der Waals surface area (Å²) < 4.78 is 85.5. The van der Waals surface area contributed by atoms with Crippen LogP contribution in [0.15, 0.2) is 30.6 Å². The quantitative estimate of drug-likeness (QED) is 0.628. The first-order valence-electron chi connectivity index (χ1n) is 10.8. The van der Waals surface area contributed by atoms with Gasteiger partial charge >= 0.3 is 6.18 Å². The summed E-state index contributed by atoms with van der Waals surface area (Å²) in [6.07, 6.45) is -1.09. The summed E-state index contributed by atoms with van der Waals surface area (Å²) in [4.78, 5) is 11.7. The number of hydrogen-bond acceptors (Lipinski definition) is 7. The van der Waals surface area contributed by atoms with E-state index in [1.165, 1.54) is 18.5 Å². The Balaban J connectivity index is 1.55. The van der Waals surface area contributed by atoms with Crippen molar-refractivity contribution in [1.82, 2.24) is 14.7 Å². The smallest absolute Gasteiger partial charge is 0.377 e. The van der Waals surface area contributed by atoms with Gasteiger partial charge in [0.1, 0.15) is 6.33 Å². The number of hydrogen-bond donors (Lipinski definition) is 1. The first kappa shape index (κ1) is 24.6. The Hall–Kier alpha value is -2.51. The second kappa shape index (κ2) is 9.62. The molecule has 2 fully saturated rings. The average molecular weight is 504 g/mol. The monoisotopic (exact) mass is 503 g/mol. The summed E-state index contributed by atoms with van der Waals surface area (Å²) in [5.74, 6) is -0.467. The van der Waals surface area contributed by atoms with E-state index < -0.39 is 33.6 Å². The van der Waals surface area contributed by atoms with E-state index in [1.807, 2.05) is 0 Å². The van der Waals surface area contributed by atoms with Crippen LogP contribution in [-0.2, 0) is 20.9 Å². The maximum absolute atomic E-state index is 15.6. The molecule has 1 N–H and O–H groups in total. The number of halogens is 4. The number of rotatable bonds is 5. The van der Waals surface area contributed by atoms with E-state index in [2.05, 4.69) is 14.7 Å². The number of nitrogens with one attached hydrogen (secondary N) is 1. The number of nitrogens with zero attached hydrogens (tertiary/aromatic N) is 4. The molecule has 1 atom stereocenters. The van der Waals surface area contributed by atoms with Crippen LogP contribution in [0.5, 0.6) is 0 Å². The maximum Gasteiger partial charge on any atom is 0.416 e. The Morgan fingerprint density at radius 2 is 1.71 bits per heavy atom. The number of alkyl halides is 3. The second-order valence-electron chi connectivity index (χ2n) is 8.39. The van der Waals surface area contributed by atoms with E-state index in [0.717, 1.165) is 18.4 Å². The van der Waals surface area contributed by atoms with Crippen LogP contribution in [0.3, 0.4) is 0 Å². The van der Waals surface area contributed by atoms with Gasteiger partial charge in [0.2, 0.25) is 15.8 Å². The van der Waals surface area contributed by atoms with E-state index in [9.17, 15) is 21.6 Å². The van der Waals surface area contributed by atoms with Crippen LogP contribution in [0.25, 0.3) is 0 Å². The van der Waals surface area contributed by atoms with Crippen molar-refractivity contribution in [3.8, 4) is 0 Å². The number of ether oxygens (including phenoxy) is 1. The number of aromatic nitrogens is 2. The van der Waals surface area contributed by atoms with E-state index in [-0.39, 0.29) is 24.3 Å². The van der Waals surface area contributed by atoms with Gasteiger partial charge in [0.15, 0.2) is 11.6 Å². The third kappa shape index (κ3) is 5.58. The van der Waals surface area contributed by atoms with Gasteiger partial charge in [-0.05, 0) is 30.5 Å². The molecule has 0 bridgehead atoms. The van der Waals surface area contributed by atoms with Gasteiger partial charge in [0.25, 0.3) is 0 Å². The molecular formula is C21H25F4N5O3S. The van der Waals surface area contributed by atoms with Crippen LogP contribution in [-0.4, -0.2) is 63.5 Å². The third-order valence-corrected chi connectivity index (χ3v) is 6.71. The molecule has 0 radical (unpaired) electrons. The average Bonchev–Trinajstić information content (AvgIpc) is 2.78. The van der Waals surface area contributed by atoms with Gasteiger partial charge in [-0.3, -0.25) is 0 Å². The minimum Gasteiger partial charge on any atom is -0.377 e. The number of benzene rings is 1. The molecule has 2 aliphatic heterocycles. The van der Waals surface area contributed by atoms with Crippen LogP contribution in [0.1, 0.15) is 30.0 Å². The molecular weight excluding hydrogens is 478 g/mol. The third-order valence-electron chi connectivity index (χ3n) is 5.95. The minimum atomic E-state index is -4.45. The van der Waals surface area contributed by atoms with Crippen molar-refractivity contribution in [2.24, 2.45) is 0 Å². The molecule has 34 heavy (non-hydrogen) atoms. The van der Waals surface area contributed by atoms with Crippen molar-refractivity contribution in [3.05, 3.63) is 47.5 Å². The Bertz CT molecular complexity index is 1110. The van der Waals surface area contributed by atoms with Crippen molar-refractivity contribution in [3.63, 3.8) is 0 Å². The summed E-state index contributed by atoms with van der Waals surface area (Å²) in [6, 6.07) is 4.00. The molecule has 1 unspecified atom stereocenters. The Labute approximate surface area is 195 Å². The fourth-order valence-corrected chi connectivity index (χ4v) is 5.15. The van der Waals surface area contributed by atoms with Crippen LogP contribution in [0.4, 0.5) is 29.2 Å². The predicted molar refractivity (Wildman–Crippen MR) is 118 cm³/mol. The van der Waals surface area contributed by atoms with Gasteiger partial charge in [-0.2, -0.15) is 17.6 Å². The number of morpholine rings is 1. The van der Waals surface area contributed by atoms with Gasteiger partial charge in [-0.1, -0.05) is 12.1 Å². The molecule has 0 amide bonds. The zero-order chi connectivity index (χ0) is 24.5. The minimum absolute atomic E-state index is 0.0505. The lowest BCUT2D eigenvalue weighted by molar-refractivity contribution is -0.137. The van der Waals surface area contributed by atoms with Gasteiger partial charge in [-0.15, -0.1) is 0 Å². The van der Waals surface area contributed by atoms with Crippen LogP contribution in [0, 0.1) is 5.82 Å². The zero-order valence-corrected chi connectivity index (χ0v) is 19.2. The highest BCUT2D eigenvalue weighted by atomic mass is 32.2. The van der Waals surface area contributed by atoms with E-state index >= 15 is 4.39 Å². The molecule has 1 aromatic heterocycles. The lowest BCUT2D eigenvalue weighted by Gasteiger charge is -2.38. The zero-order valence-electron chi connectivity index (χ0n) is 18.4. The van der Waals surface area contributed by atoms with Crippen molar-refractivity contribution in [2.75, 3.05) is 48.9 Å². The molecule has 1 aromatic carbocycles. The molecule has 2 aliphatic rings. The largest absolute Gasteiger partial charge is 0.416 e. The highest BCUT2D eigenvalue weighted by Gasteiger charge is 2.33. The maximum atomic E-state index is 15.6. The lowest BCUT2D eigenvalue weighted by atomic mass is 10.0. The van der Waals surface area contributed by atoms with Gasteiger partial charge in [-0.25, -0.2) is 23.1 Å². The van der Waals surface area contributed by atoms with Crippen LogP contribution < -0.4 is 14.5 Å². The molecule has 0 aliphatic carbocycles. The topological polar surface area (TPSA) is 87.7 Å². The first-order chi connectivity index (χ1) is 16.0. The molecule has 0 saturated carbocycles. The Morgan fingerprint density at radius 1 is 1.06 bits per heavy atom. The Kier molecular flexibility index (Phi) is 6.97. The second-order valence-corrected chi connectivity index (χ2v) is 10.2. The van der Waals surface area contributed by atoms with Crippen molar-refractivity contribution < 1.29 is 30.7 Å². The first-order valence-corrected chi connectivity index (χ1v) is 12.7. The van der Waals surface area contributed by atoms with E-state index in [4.69, 9.17) is 4.74 Å². The number of piperidine rings is 1. The normalized spacial score (nSPS) is 20.6. The lowest BCUT2D eigenvalue weighted by Crippen LogP contribution is -2.45. The molecule has 2 aromatic rings. The van der Waals surface area contributed by atoms with Crippen molar-refractivity contribution >= 4 is 21.7 Å². The van der Waals surface area contributed by atoms with Gasteiger partial charge in [0.05, 0.1) is 31.1 Å². The molecule has 2 saturated heterocycles. The Morgan fingerprint density at radius 3 is 2.32 bits per heavy atom. The summed E-state index contributed by atoms with van der Waals surface area (Å²) in [5.41, 5.74) is -0.205. The number of sulfonamides is 1.